The van der Waals surface area contributed by atoms with Crippen molar-refractivity contribution in [3.63, 3.8) is 0 Å². The summed E-state index contributed by atoms with van der Waals surface area (Å²) in [6, 6.07) is 8.63. The fourth-order valence-corrected chi connectivity index (χ4v) is 3.31. The van der Waals surface area contributed by atoms with E-state index < -0.39 is 0 Å². The summed E-state index contributed by atoms with van der Waals surface area (Å²) in [6.07, 6.45) is 8.75. The van der Waals surface area contributed by atoms with Crippen molar-refractivity contribution in [2.75, 3.05) is 6.54 Å². The third kappa shape index (κ3) is 1.69. The van der Waals surface area contributed by atoms with E-state index in [0.717, 1.165) is 25.8 Å². The summed E-state index contributed by atoms with van der Waals surface area (Å²) in [7, 11) is 0. The summed E-state index contributed by atoms with van der Waals surface area (Å²) in [6.45, 7) is 0.905. The van der Waals surface area contributed by atoms with Crippen molar-refractivity contribution in [1.29, 1.82) is 0 Å². The van der Waals surface area contributed by atoms with Gasteiger partial charge in [0.2, 0.25) is 0 Å². The van der Waals surface area contributed by atoms with Gasteiger partial charge in [-0.15, -0.1) is 0 Å². The van der Waals surface area contributed by atoms with E-state index >= 15 is 0 Å². The van der Waals surface area contributed by atoms with E-state index in [-0.39, 0.29) is 5.54 Å². The van der Waals surface area contributed by atoms with E-state index in [2.05, 4.69) is 28.5 Å². The van der Waals surface area contributed by atoms with Gasteiger partial charge < -0.3 is 9.73 Å². The lowest BCUT2D eigenvalue weighted by Crippen LogP contribution is -2.47. The van der Waals surface area contributed by atoms with E-state index in [1.54, 1.807) is 6.26 Å². The van der Waals surface area contributed by atoms with Crippen molar-refractivity contribution in [2.24, 2.45) is 4.99 Å². The lowest BCUT2D eigenvalue weighted by atomic mass is 9.76. The van der Waals surface area contributed by atoms with Crippen LogP contribution in [0.15, 0.2) is 46.2 Å². The summed E-state index contributed by atoms with van der Waals surface area (Å²) >= 11 is 0. The largest absolute Gasteiger partial charge is 0.472 e. The van der Waals surface area contributed by atoms with Crippen LogP contribution in [0.25, 0.3) is 11.1 Å². The quantitative estimate of drug-likeness (QED) is 0.847. The van der Waals surface area contributed by atoms with Gasteiger partial charge in [-0.3, -0.25) is 4.99 Å². The lowest BCUT2D eigenvalue weighted by Gasteiger charge is -2.35. The molecule has 1 N–H and O–H groups in total. The highest BCUT2D eigenvalue weighted by Crippen LogP contribution is 2.36. The van der Waals surface area contributed by atoms with Gasteiger partial charge >= 0.3 is 0 Å². The molecule has 1 atom stereocenters. The molecule has 1 spiro atoms. The van der Waals surface area contributed by atoms with Crippen LogP contribution in [0.5, 0.6) is 0 Å². The van der Waals surface area contributed by atoms with Crippen LogP contribution >= 0.6 is 0 Å². The van der Waals surface area contributed by atoms with Crippen molar-refractivity contribution in [3.05, 3.63) is 47.9 Å². The molecule has 1 aliphatic carbocycles. The Labute approximate surface area is 112 Å². The Bertz CT molecular complexity index is 620. The third-order valence-corrected chi connectivity index (χ3v) is 4.34. The Kier molecular flexibility index (Phi) is 2.28. The van der Waals surface area contributed by atoms with Crippen molar-refractivity contribution < 1.29 is 4.42 Å². The summed E-state index contributed by atoms with van der Waals surface area (Å²) < 4.78 is 5.22. The summed E-state index contributed by atoms with van der Waals surface area (Å²) in [5.41, 5.74) is 5.59. The first-order chi connectivity index (χ1) is 9.36. The zero-order chi connectivity index (χ0) is 12.7. The second-order valence-electron chi connectivity index (χ2n) is 5.53. The van der Waals surface area contributed by atoms with Crippen LogP contribution in [0.2, 0.25) is 0 Å². The Balaban J connectivity index is 1.76. The Morgan fingerprint density at radius 1 is 1.26 bits per heavy atom. The third-order valence-electron chi connectivity index (χ3n) is 4.34. The fraction of sp³-hybridized carbons (Fsp3) is 0.312. The summed E-state index contributed by atoms with van der Waals surface area (Å²) in [4.78, 5) is 4.35. The van der Waals surface area contributed by atoms with Crippen molar-refractivity contribution in [3.8, 4) is 11.1 Å². The molecule has 0 saturated carbocycles. The first-order valence-corrected chi connectivity index (χ1v) is 6.76. The van der Waals surface area contributed by atoms with Gasteiger partial charge in [-0.25, -0.2) is 0 Å². The molecule has 4 rings (SSSR count). The molecule has 0 saturated heterocycles. The molecule has 19 heavy (non-hydrogen) atoms. The van der Waals surface area contributed by atoms with Gasteiger partial charge in [-0.1, -0.05) is 18.2 Å². The van der Waals surface area contributed by atoms with Gasteiger partial charge in [-0.05, 0) is 42.0 Å². The molecule has 1 aromatic heterocycles. The van der Waals surface area contributed by atoms with Crippen molar-refractivity contribution >= 4 is 6.34 Å². The number of nitrogens with zero attached hydrogens (tertiary/aromatic N) is 1. The molecular formula is C16H16N2O. The molecule has 3 heteroatoms. The van der Waals surface area contributed by atoms with Crippen LogP contribution in [0.4, 0.5) is 0 Å². The second kappa shape index (κ2) is 3.98. The number of aliphatic imine (C=N–C) groups is 1. The van der Waals surface area contributed by atoms with Gasteiger partial charge in [0.1, 0.15) is 0 Å². The van der Waals surface area contributed by atoms with E-state index in [1.807, 2.05) is 18.7 Å². The topological polar surface area (TPSA) is 37.5 Å². The highest BCUT2D eigenvalue weighted by Gasteiger charge is 2.36. The number of fused-ring (bicyclic) bond motifs is 1. The molecule has 1 aromatic carbocycles. The Morgan fingerprint density at radius 3 is 3.05 bits per heavy atom. The normalized spacial score (nSPS) is 24.4. The molecule has 0 bridgehead atoms. The maximum atomic E-state index is 5.22. The van der Waals surface area contributed by atoms with Crippen LogP contribution < -0.4 is 5.32 Å². The number of hydrogen-bond donors (Lipinski definition) is 1. The molecule has 0 radical (unpaired) electrons. The summed E-state index contributed by atoms with van der Waals surface area (Å²) in [5.74, 6) is 0. The highest BCUT2D eigenvalue weighted by atomic mass is 16.3. The summed E-state index contributed by atoms with van der Waals surface area (Å²) in [5, 5.41) is 3.46. The van der Waals surface area contributed by atoms with E-state index in [0.29, 0.717) is 0 Å². The maximum Gasteiger partial charge on any atom is 0.0981 e. The second-order valence-corrected chi connectivity index (χ2v) is 5.53. The Morgan fingerprint density at radius 2 is 2.26 bits per heavy atom. The zero-order valence-electron chi connectivity index (χ0n) is 10.7. The number of furan rings is 1. The molecule has 1 unspecified atom stereocenters. The van der Waals surface area contributed by atoms with Gasteiger partial charge in [-0.2, -0.15) is 0 Å². The first-order valence-electron chi connectivity index (χ1n) is 6.76. The molecule has 2 heterocycles. The van der Waals surface area contributed by atoms with E-state index in [9.17, 15) is 0 Å². The maximum absolute atomic E-state index is 5.22. The van der Waals surface area contributed by atoms with Gasteiger partial charge in [0.25, 0.3) is 0 Å². The molecule has 0 fully saturated rings. The minimum Gasteiger partial charge on any atom is -0.472 e. The van der Waals surface area contributed by atoms with E-state index in [4.69, 9.17) is 4.42 Å². The number of rotatable bonds is 1. The van der Waals surface area contributed by atoms with Gasteiger partial charge in [0.05, 0.1) is 30.9 Å². The minimum absolute atomic E-state index is 0.169. The van der Waals surface area contributed by atoms with Crippen LogP contribution in [0, 0.1) is 0 Å². The van der Waals surface area contributed by atoms with Crippen LogP contribution in [0.1, 0.15) is 17.5 Å². The Hall–Kier alpha value is -2.03. The lowest BCUT2D eigenvalue weighted by molar-refractivity contribution is 0.364. The smallest absolute Gasteiger partial charge is 0.0981 e. The van der Waals surface area contributed by atoms with Gasteiger partial charge in [0.15, 0.2) is 0 Å². The molecule has 2 aliphatic rings. The molecule has 96 valence electrons. The number of hydrogen-bond acceptors (Lipinski definition) is 3. The molecule has 0 amide bonds. The number of benzene rings is 1. The fourth-order valence-electron chi connectivity index (χ4n) is 3.31. The average molecular weight is 252 g/mol. The van der Waals surface area contributed by atoms with E-state index in [1.165, 1.54) is 22.3 Å². The van der Waals surface area contributed by atoms with Crippen LogP contribution in [0.3, 0.4) is 0 Å². The van der Waals surface area contributed by atoms with Gasteiger partial charge in [0, 0.05) is 5.56 Å². The molecule has 2 aromatic rings. The predicted octanol–water partition coefficient (Wildman–Crippen LogP) is 2.81. The molecule has 1 aliphatic heterocycles. The van der Waals surface area contributed by atoms with Crippen molar-refractivity contribution in [1.82, 2.24) is 5.32 Å². The molecule has 3 nitrogen and oxygen atoms in total. The average Bonchev–Trinajstić information content (AvgIpc) is 3.10. The minimum atomic E-state index is 0.169. The first kappa shape index (κ1) is 10.9. The highest BCUT2D eigenvalue weighted by molar-refractivity contribution is 5.69. The van der Waals surface area contributed by atoms with Crippen LogP contribution in [-0.4, -0.2) is 18.4 Å². The van der Waals surface area contributed by atoms with Crippen LogP contribution in [-0.2, 0) is 12.8 Å². The predicted molar refractivity (Wildman–Crippen MR) is 75.4 cm³/mol. The zero-order valence-corrected chi connectivity index (χ0v) is 10.7. The number of nitrogens with one attached hydrogen (secondary N) is 1. The SMILES string of the molecule is C1=NCC2(CCc3c(cccc3-c3ccoc3)C2)N1. The molecular weight excluding hydrogens is 236 g/mol. The van der Waals surface area contributed by atoms with Crippen molar-refractivity contribution in [2.45, 2.75) is 24.8 Å². The monoisotopic (exact) mass is 252 g/mol. The standard InChI is InChI=1S/C16H16N2O/c1-2-12-8-16(10-17-11-18-16)6-4-15(12)14(3-1)13-5-7-19-9-13/h1-3,5,7,9,11H,4,6,8,10H2,(H,17,18).